The maximum Gasteiger partial charge on any atom is 0.311 e. The molecule has 0 unspecified atom stereocenters. The number of rotatable bonds is 3. The Bertz CT molecular complexity index is 637. The predicted octanol–water partition coefficient (Wildman–Crippen LogP) is 0.178. The van der Waals surface area contributed by atoms with Crippen LogP contribution in [-0.2, 0) is 20.9 Å². The zero-order chi connectivity index (χ0) is 15.0. The summed E-state index contributed by atoms with van der Waals surface area (Å²) in [5.74, 6) is -0.212. The van der Waals surface area contributed by atoms with Crippen molar-refractivity contribution in [3.63, 3.8) is 0 Å². The van der Waals surface area contributed by atoms with Gasteiger partial charge >= 0.3 is 5.97 Å². The van der Waals surface area contributed by atoms with E-state index in [0.29, 0.717) is 26.2 Å². The first-order chi connectivity index (χ1) is 10.1. The first kappa shape index (κ1) is 13.9. The Morgan fingerprint density at radius 3 is 2.86 bits per heavy atom. The first-order valence-electron chi connectivity index (χ1n) is 7.17. The van der Waals surface area contributed by atoms with E-state index in [1.54, 1.807) is 15.5 Å². The largest absolute Gasteiger partial charge is 0.465 e. The average Bonchev–Trinajstić information content (AvgIpc) is 3.01. The van der Waals surface area contributed by atoms with E-state index in [1.807, 2.05) is 13.0 Å². The molecule has 2 aliphatic heterocycles. The van der Waals surface area contributed by atoms with Crippen molar-refractivity contribution in [3.8, 4) is 0 Å². The van der Waals surface area contributed by atoms with Crippen LogP contribution in [0.25, 0.3) is 0 Å². The maximum absolute atomic E-state index is 12.2. The number of nitrogens with zero attached hydrogens (tertiary/aromatic N) is 2. The third kappa shape index (κ3) is 2.57. The molecule has 21 heavy (non-hydrogen) atoms. The summed E-state index contributed by atoms with van der Waals surface area (Å²) in [5.41, 5.74) is 0.752. The van der Waals surface area contributed by atoms with Gasteiger partial charge in [0.1, 0.15) is 0 Å². The second-order valence-corrected chi connectivity index (χ2v) is 5.70. The molecule has 0 N–H and O–H groups in total. The lowest BCUT2D eigenvalue weighted by molar-refractivity contribution is -0.142. The maximum atomic E-state index is 12.2. The lowest BCUT2D eigenvalue weighted by Crippen LogP contribution is -2.32. The third-order valence-corrected chi connectivity index (χ3v) is 4.35. The second-order valence-electron chi connectivity index (χ2n) is 5.70. The molecular formula is C15H18N2O4. The zero-order valence-electron chi connectivity index (χ0n) is 11.9. The standard InChI is InChI=1S/C15H18N2O4/c1-10-3-2-4-14(19)17(10)6-5-13(18)16-7-11-9-21-15(20)12(11)8-16/h2-4,11-12H,5-9H2,1H3/t11-,12-/m1/s1. The van der Waals surface area contributed by atoms with Gasteiger partial charge < -0.3 is 14.2 Å². The van der Waals surface area contributed by atoms with E-state index in [9.17, 15) is 14.4 Å². The van der Waals surface area contributed by atoms with Crippen molar-refractivity contribution in [2.45, 2.75) is 19.9 Å². The van der Waals surface area contributed by atoms with Crippen LogP contribution in [0.3, 0.4) is 0 Å². The normalized spacial score (nSPS) is 24.0. The number of fused-ring (bicyclic) bond motifs is 1. The van der Waals surface area contributed by atoms with Gasteiger partial charge in [0.25, 0.3) is 5.56 Å². The molecule has 2 fully saturated rings. The zero-order valence-corrected chi connectivity index (χ0v) is 11.9. The predicted molar refractivity (Wildman–Crippen MR) is 74.6 cm³/mol. The number of cyclic esters (lactones) is 1. The fraction of sp³-hybridized carbons (Fsp3) is 0.533. The summed E-state index contributed by atoms with van der Waals surface area (Å²) in [7, 11) is 0. The van der Waals surface area contributed by atoms with E-state index in [2.05, 4.69) is 0 Å². The molecule has 2 aliphatic rings. The van der Waals surface area contributed by atoms with Gasteiger partial charge in [-0.2, -0.15) is 0 Å². The van der Waals surface area contributed by atoms with Gasteiger partial charge in [-0.25, -0.2) is 0 Å². The summed E-state index contributed by atoms with van der Waals surface area (Å²) in [6.45, 7) is 3.68. The number of aryl methyl sites for hydroxylation is 1. The number of esters is 1. The number of carbonyl (C=O) groups excluding carboxylic acids is 2. The van der Waals surface area contributed by atoms with Gasteiger partial charge in [0.15, 0.2) is 0 Å². The van der Waals surface area contributed by atoms with Crippen LogP contribution in [-0.4, -0.2) is 41.0 Å². The van der Waals surface area contributed by atoms with E-state index in [4.69, 9.17) is 4.74 Å². The fourth-order valence-electron chi connectivity index (χ4n) is 3.08. The van der Waals surface area contributed by atoms with Crippen LogP contribution in [0.4, 0.5) is 0 Å². The highest BCUT2D eigenvalue weighted by atomic mass is 16.5. The Morgan fingerprint density at radius 2 is 2.14 bits per heavy atom. The van der Waals surface area contributed by atoms with Crippen molar-refractivity contribution in [2.24, 2.45) is 11.8 Å². The lowest BCUT2D eigenvalue weighted by Gasteiger charge is -2.18. The number of aromatic nitrogens is 1. The number of likely N-dealkylation sites (tertiary alicyclic amines) is 1. The van der Waals surface area contributed by atoms with Gasteiger partial charge in [0.05, 0.1) is 12.5 Å². The summed E-state index contributed by atoms with van der Waals surface area (Å²) in [4.78, 5) is 37.2. The minimum Gasteiger partial charge on any atom is -0.465 e. The van der Waals surface area contributed by atoms with Gasteiger partial charge in [0, 0.05) is 43.7 Å². The molecule has 1 amide bonds. The van der Waals surface area contributed by atoms with Crippen LogP contribution in [0.5, 0.6) is 0 Å². The molecule has 1 aromatic rings. The molecular weight excluding hydrogens is 272 g/mol. The van der Waals surface area contributed by atoms with Crippen molar-refractivity contribution < 1.29 is 14.3 Å². The minimum atomic E-state index is -0.189. The minimum absolute atomic E-state index is 0.00708. The molecule has 0 radical (unpaired) electrons. The molecule has 2 atom stereocenters. The molecule has 0 bridgehead atoms. The quantitative estimate of drug-likeness (QED) is 0.745. The van der Waals surface area contributed by atoms with Crippen LogP contribution in [0, 0.1) is 18.8 Å². The number of amides is 1. The molecule has 6 nitrogen and oxygen atoms in total. The molecule has 0 aromatic carbocycles. The number of pyridine rings is 1. The van der Waals surface area contributed by atoms with Gasteiger partial charge in [-0.15, -0.1) is 0 Å². The summed E-state index contributed by atoms with van der Waals surface area (Å²) in [6.07, 6.45) is 0.277. The number of hydrogen-bond acceptors (Lipinski definition) is 4. The van der Waals surface area contributed by atoms with Gasteiger partial charge in [-0.3, -0.25) is 14.4 Å². The summed E-state index contributed by atoms with van der Waals surface area (Å²) < 4.78 is 6.59. The molecule has 0 saturated carbocycles. The lowest BCUT2D eigenvalue weighted by atomic mass is 10.0. The molecule has 112 valence electrons. The molecule has 1 aromatic heterocycles. The number of carbonyl (C=O) groups is 2. The monoisotopic (exact) mass is 290 g/mol. The van der Waals surface area contributed by atoms with Gasteiger partial charge in [0.2, 0.25) is 5.91 Å². The highest BCUT2D eigenvalue weighted by molar-refractivity contribution is 5.80. The highest BCUT2D eigenvalue weighted by Gasteiger charge is 2.45. The van der Waals surface area contributed by atoms with E-state index in [1.165, 1.54) is 6.07 Å². The smallest absolute Gasteiger partial charge is 0.311 e. The second kappa shape index (κ2) is 5.35. The Labute approximate surface area is 122 Å². The van der Waals surface area contributed by atoms with E-state index >= 15 is 0 Å². The Kier molecular flexibility index (Phi) is 3.53. The Balaban J connectivity index is 1.61. The van der Waals surface area contributed by atoms with Crippen LogP contribution in [0.15, 0.2) is 23.0 Å². The van der Waals surface area contributed by atoms with Crippen molar-refractivity contribution in [2.75, 3.05) is 19.7 Å². The molecule has 3 heterocycles. The van der Waals surface area contributed by atoms with Gasteiger partial charge in [-0.1, -0.05) is 6.07 Å². The van der Waals surface area contributed by atoms with Crippen LogP contribution in [0.2, 0.25) is 0 Å². The Morgan fingerprint density at radius 1 is 1.33 bits per heavy atom. The SMILES string of the molecule is Cc1cccc(=O)n1CCC(=O)N1C[C@@H]2COC(=O)[C@@H]2C1. The van der Waals surface area contributed by atoms with Crippen molar-refractivity contribution in [1.29, 1.82) is 0 Å². The molecule has 6 heteroatoms. The number of ether oxygens (including phenoxy) is 1. The van der Waals surface area contributed by atoms with Crippen LogP contribution < -0.4 is 5.56 Å². The summed E-state index contributed by atoms with van der Waals surface area (Å²) in [5, 5.41) is 0. The number of hydrogen-bond donors (Lipinski definition) is 0. The molecule has 0 spiro atoms. The first-order valence-corrected chi connectivity index (χ1v) is 7.17. The van der Waals surface area contributed by atoms with E-state index in [-0.39, 0.29) is 35.7 Å². The summed E-state index contributed by atoms with van der Waals surface area (Å²) in [6, 6.07) is 5.05. The van der Waals surface area contributed by atoms with Crippen molar-refractivity contribution in [1.82, 2.24) is 9.47 Å². The van der Waals surface area contributed by atoms with E-state index in [0.717, 1.165) is 5.69 Å². The third-order valence-electron chi connectivity index (χ3n) is 4.35. The highest BCUT2D eigenvalue weighted by Crippen LogP contribution is 2.30. The van der Waals surface area contributed by atoms with Crippen molar-refractivity contribution >= 4 is 11.9 Å². The van der Waals surface area contributed by atoms with Crippen LogP contribution >= 0.6 is 0 Å². The van der Waals surface area contributed by atoms with E-state index < -0.39 is 0 Å². The van der Waals surface area contributed by atoms with Gasteiger partial charge in [-0.05, 0) is 13.0 Å². The Hall–Kier alpha value is -2.11. The molecule has 0 aliphatic carbocycles. The topological polar surface area (TPSA) is 68.6 Å². The average molecular weight is 290 g/mol. The summed E-state index contributed by atoms with van der Waals surface area (Å²) >= 11 is 0. The van der Waals surface area contributed by atoms with Crippen LogP contribution in [0.1, 0.15) is 12.1 Å². The van der Waals surface area contributed by atoms with Crippen molar-refractivity contribution in [3.05, 3.63) is 34.2 Å². The fourth-order valence-corrected chi connectivity index (χ4v) is 3.08. The molecule has 2 saturated heterocycles. The molecule has 3 rings (SSSR count).